The average molecular weight is 237 g/mol. The molecule has 0 aliphatic heterocycles. The molecule has 0 radical (unpaired) electrons. The van der Waals surface area contributed by atoms with Crippen LogP contribution in [0.25, 0.3) is 0 Å². The first kappa shape index (κ1) is 12.5. The van der Waals surface area contributed by atoms with Crippen LogP contribution in [0.5, 0.6) is 0 Å². The lowest BCUT2D eigenvalue weighted by atomic mass is 10.4. The van der Waals surface area contributed by atoms with Gasteiger partial charge >= 0.3 is 5.97 Å². The predicted molar refractivity (Wildman–Crippen MR) is 62.2 cm³/mol. The molecule has 6 heteroatoms. The molecule has 0 amide bonds. The highest BCUT2D eigenvalue weighted by Gasteiger charge is 2.26. The van der Waals surface area contributed by atoms with Gasteiger partial charge in [0.2, 0.25) is 5.82 Å². The van der Waals surface area contributed by atoms with Gasteiger partial charge in [0, 0.05) is 11.0 Å². The van der Waals surface area contributed by atoms with Gasteiger partial charge in [0.25, 0.3) is 0 Å². The molecule has 0 spiro atoms. The first-order chi connectivity index (χ1) is 7.40. The molecule has 0 aliphatic rings. The van der Waals surface area contributed by atoms with E-state index in [1.165, 1.54) is 7.11 Å². The molecular weight excluding hydrogens is 222 g/mol. The van der Waals surface area contributed by atoms with Gasteiger partial charge in [0.05, 0.1) is 19.6 Å². The number of nitrogens with one attached hydrogen (secondary N) is 1. The number of methoxy groups -OCH3 is 1. The zero-order valence-electron chi connectivity index (χ0n) is 9.92. The smallest absolute Gasteiger partial charge is 0.374 e. The molecule has 16 heavy (non-hydrogen) atoms. The van der Waals surface area contributed by atoms with E-state index in [1.54, 1.807) is 0 Å². The minimum Gasteiger partial charge on any atom is -0.463 e. The Kier molecular flexibility index (Phi) is 3.50. The van der Waals surface area contributed by atoms with Crippen LogP contribution in [0.2, 0.25) is 19.6 Å². The summed E-state index contributed by atoms with van der Waals surface area (Å²) in [6.07, 6.45) is 0.240. The van der Waals surface area contributed by atoms with Crippen LogP contribution in [-0.2, 0) is 11.2 Å². The number of hydrogen-bond acceptors (Lipinski definition) is 4. The standard InChI is InChI=1S/C10H15N3O2Si/c1-15-10(14)8-12-7(5-6-11)9(13-8)16(2,3)4/h5H2,1-4H3,(H,12,13). The minimum absolute atomic E-state index is 0.185. The number of H-pyrrole nitrogens is 1. The predicted octanol–water partition coefficient (Wildman–Crippen LogP) is 0.808. The highest BCUT2D eigenvalue weighted by atomic mass is 28.3. The van der Waals surface area contributed by atoms with E-state index in [0.29, 0.717) is 0 Å². The number of nitrogens with zero attached hydrogens (tertiary/aromatic N) is 2. The number of imidazole rings is 1. The maximum atomic E-state index is 11.3. The summed E-state index contributed by atoms with van der Waals surface area (Å²) in [5, 5.41) is 9.59. The highest BCUT2D eigenvalue weighted by Crippen LogP contribution is 2.07. The van der Waals surface area contributed by atoms with E-state index in [-0.39, 0.29) is 12.2 Å². The van der Waals surface area contributed by atoms with Gasteiger partial charge in [0.1, 0.15) is 8.07 Å². The number of aromatic nitrogens is 2. The summed E-state index contributed by atoms with van der Waals surface area (Å²) < 4.78 is 4.60. The van der Waals surface area contributed by atoms with Crippen molar-refractivity contribution in [2.45, 2.75) is 26.1 Å². The maximum absolute atomic E-state index is 11.3. The topological polar surface area (TPSA) is 78.8 Å². The molecule has 0 atom stereocenters. The molecule has 0 unspecified atom stereocenters. The van der Waals surface area contributed by atoms with Crippen LogP contribution in [0.15, 0.2) is 0 Å². The quantitative estimate of drug-likeness (QED) is 0.623. The van der Waals surface area contributed by atoms with Crippen LogP contribution < -0.4 is 5.32 Å². The van der Waals surface area contributed by atoms with Gasteiger partial charge in [-0.25, -0.2) is 9.78 Å². The second kappa shape index (κ2) is 4.49. The van der Waals surface area contributed by atoms with Crippen LogP contribution in [0.1, 0.15) is 16.3 Å². The van der Waals surface area contributed by atoms with Crippen LogP contribution in [0.4, 0.5) is 0 Å². The number of rotatable bonds is 3. The first-order valence-electron chi connectivity index (χ1n) is 4.94. The van der Waals surface area contributed by atoms with Crippen molar-refractivity contribution in [2.75, 3.05) is 7.11 Å². The van der Waals surface area contributed by atoms with E-state index in [0.717, 1.165) is 11.0 Å². The summed E-state index contributed by atoms with van der Waals surface area (Å²) in [4.78, 5) is 18.4. The monoisotopic (exact) mass is 237 g/mol. The van der Waals surface area contributed by atoms with Crippen molar-refractivity contribution >= 4 is 19.4 Å². The lowest BCUT2D eigenvalue weighted by Crippen LogP contribution is -2.41. The van der Waals surface area contributed by atoms with Crippen LogP contribution in [0.3, 0.4) is 0 Å². The fourth-order valence-electron chi connectivity index (χ4n) is 1.43. The van der Waals surface area contributed by atoms with Crippen molar-refractivity contribution in [3.8, 4) is 6.07 Å². The Hall–Kier alpha value is -1.61. The van der Waals surface area contributed by atoms with Gasteiger partial charge in [-0.3, -0.25) is 0 Å². The number of ether oxygens (including phenoxy) is 1. The molecule has 1 rings (SSSR count). The number of hydrogen-bond donors (Lipinski definition) is 1. The molecule has 1 N–H and O–H groups in total. The Labute approximate surface area is 95.5 Å². The van der Waals surface area contributed by atoms with Crippen molar-refractivity contribution in [3.05, 3.63) is 11.5 Å². The summed E-state index contributed by atoms with van der Waals surface area (Å²) in [5.41, 5.74) is 0.738. The summed E-state index contributed by atoms with van der Waals surface area (Å²) >= 11 is 0. The van der Waals surface area contributed by atoms with Crippen LogP contribution in [0, 0.1) is 11.3 Å². The number of carbonyl (C=O) groups is 1. The molecule has 0 fully saturated rings. The van der Waals surface area contributed by atoms with Gasteiger partial charge in [-0.05, 0) is 0 Å². The van der Waals surface area contributed by atoms with Gasteiger partial charge in [-0.1, -0.05) is 19.6 Å². The fraction of sp³-hybridized carbons (Fsp3) is 0.500. The molecule has 5 nitrogen and oxygen atoms in total. The third-order valence-electron chi connectivity index (χ3n) is 2.12. The molecule has 0 aromatic carbocycles. The third kappa shape index (κ3) is 2.49. The third-order valence-corrected chi connectivity index (χ3v) is 3.96. The van der Waals surface area contributed by atoms with E-state index < -0.39 is 14.0 Å². The lowest BCUT2D eigenvalue weighted by Gasteiger charge is -2.13. The van der Waals surface area contributed by atoms with E-state index >= 15 is 0 Å². The molecule has 1 aromatic heterocycles. The largest absolute Gasteiger partial charge is 0.463 e. The van der Waals surface area contributed by atoms with Crippen molar-refractivity contribution < 1.29 is 9.53 Å². The number of esters is 1. The Morgan fingerprint density at radius 3 is 2.62 bits per heavy atom. The molecule has 86 valence electrons. The van der Waals surface area contributed by atoms with E-state index in [4.69, 9.17) is 5.26 Å². The number of nitriles is 1. The van der Waals surface area contributed by atoms with Crippen molar-refractivity contribution in [2.24, 2.45) is 0 Å². The number of carbonyl (C=O) groups excluding carboxylic acids is 1. The summed E-state index contributed by atoms with van der Waals surface area (Å²) in [6, 6.07) is 2.07. The number of aromatic amines is 1. The van der Waals surface area contributed by atoms with Crippen LogP contribution in [-0.4, -0.2) is 31.1 Å². The Morgan fingerprint density at radius 1 is 1.56 bits per heavy atom. The molecule has 0 aliphatic carbocycles. The SMILES string of the molecule is COC(=O)c1nc([Si](C)(C)C)c(CC#N)[nH]1. The summed E-state index contributed by atoms with van der Waals surface area (Å²) in [7, 11) is -0.346. The van der Waals surface area contributed by atoms with Gasteiger partial charge in [-0.2, -0.15) is 5.26 Å². The molecule has 0 saturated carbocycles. The normalized spacial score (nSPS) is 10.9. The Balaban J connectivity index is 3.21. The highest BCUT2D eigenvalue weighted by molar-refractivity contribution is 6.88. The zero-order chi connectivity index (χ0) is 12.3. The Morgan fingerprint density at radius 2 is 2.19 bits per heavy atom. The van der Waals surface area contributed by atoms with E-state index in [1.807, 2.05) is 0 Å². The molecule has 0 bridgehead atoms. The van der Waals surface area contributed by atoms with Gasteiger partial charge in [-0.15, -0.1) is 0 Å². The van der Waals surface area contributed by atoms with Crippen LogP contribution >= 0.6 is 0 Å². The summed E-state index contributed by atoms with van der Waals surface area (Å²) in [6.45, 7) is 6.35. The fourth-order valence-corrected chi connectivity index (χ4v) is 2.93. The van der Waals surface area contributed by atoms with Gasteiger partial charge in [0.15, 0.2) is 0 Å². The van der Waals surface area contributed by atoms with E-state index in [9.17, 15) is 4.79 Å². The second-order valence-corrected chi connectivity index (χ2v) is 9.46. The second-order valence-electron chi connectivity index (χ2n) is 4.49. The molecule has 1 aromatic rings. The minimum atomic E-state index is -1.65. The average Bonchev–Trinajstić information content (AvgIpc) is 2.61. The first-order valence-corrected chi connectivity index (χ1v) is 8.44. The molecular formula is C10H15N3O2Si. The van der Waals surface area contributed by atoms with Crippen molar-refractivity contribution in [1.29, 1.82) is 5.26 Å². The lowest BCUT2D eigenvalue weighted by molar-refractivity contribution is 0.0588. The molecule has 0 saturated heterocycles. The van der Waals surface area contributed by atoms with Crippen molar-refractivity contribution in [3.63, 3.8) is 0 Å². The zero-order valence-corrected chi connectivity index (χ0v) is 10.9. The van der Waals surface area contributed by atoms with E-state index in [2.05, 4.69) is 40.4 Å². The molecule has 1 heterocycles. The van der Waals surface area contributed by atoms with Gasteiger partial charge < -0.3 is 9.72 Å². The summed E-state index contributed by atoms with van der Waals surface area (Å²) in [5.74, 6) is -0.311. The Bertz CT molecular complexity index is 440. The maximum Gasteiger partial charge on any atom is 0.374 e. The van der Waals surface area contributed by atoms with Crippen molar-refractivity contribution in [1.82, 2.24) is 9.97 Å².